The van der Waals surface area contributed by atoms with Crippen molar-refractivity contribution in [3.8, 4) is 0 Å². The number of benzene rings is 1. The van der Waals surface area contributed by atoms with Crippen molar-refractivity contribution in [1.29, 1.82) is 0 Å². The predicted octanol–water partition coefficient (Wildman–Crippen LogP) is 1.94. The van der Waals surface area contributed by atoms with E-state index in [1.165, 1.54) is 10.5 Å². The maximum Gasteiger partial charge on any atom is 0.261 e. The van der Waals surface area contributed by atoms with E-state index in [0.717, 1.165) is 51.3 Å². The normalized spacial score (nSPS) is 18.8. The molecule has 31 heavy (non-hydrogen) atoms. The molecule has 0 bridgehead atoms. The Morgan fingerprint density at radius 2 is 1.94 bits per heavy atom. The average molecular weight is 423 g/mol. The van der Waals surface area contributed by atoms with E-state index in [-0.39, 0.29) is 11.8 Å². The SMILES string of the molecule is CN=C(NCCCCN1C(=O)c2ccccc2C1=O)N1CCC(Cc2cnn(C)c2)C1. The third kappa shape index (κ3) is 4.62. The van der Waals surface area contributed by atoms with Gasteiger partial charge < -0.3 is 10.2 Å². The summed E-state index contributed by atoms with van der Waals surface area (Å²) in [6.07, 6.45) is 7.85. The summed E-state index contributed by atoms with van der Waals surface area (Å²) < 4.78 is 1.85. The number of fused-ring (bicyclic) bond motifs is 1. The maximum atomic E-state index is 12.4. The average Bonchev–Trinajstić information content (AvgIpc) is 3.46. The van der Waals surface area contributed by atoms with Gasteiger partial charge in [0.25, 0.3) is 11.8 Å². The molecule has 164 valence electrons. The van der Waals surface area contributed by atoms with Crippen molar-refractivity contribution < 1.29 is 9.59 Å². The van der Waals surface area contributed by atoms with Crippen LogP contribution in [0.5, 0.6) is 0 Å². The number of imide groups is 1. The first-order chi connectivity index (χ1) is 15.1. The molecule has 2 aromatic rings. The van der Waals surface area contributed by atoms with Crippen LogP contribution in [0.1, 0.15) is 45.5 Å². The first-order valence-electron chi connectivity index (χ1n) is 10.9. The van der Waals surface area contributed by atoms with E-state index in [1.807, 2.05) is 25.0 Å². The van der Waals surface area contributed by atoms with Crippen LogP contribution in [0.15, 0.2) is 41.7 Å². The number of hydrogen-bond acceptors (Lipinski definition) is 4. The highest BCUT2D eigenvalue weighted by molar-refractivity contribution is 6.21. The van der Waals surface area contributed by atoms with E-state index in [2.05, 4.69) is 26.5 Å². The second kappa shape index (κ2) is 9.32. The van der Waals surface area contributed by atoms with Gasteiger partial charge in [0.15, 0.2) is 5.96 Å². The molecule has 2 aliphatic rings. The van der Waals surface area contributed by atoms with Gasteiger partial charge in [-0.1, -0.05) is 12.1 Å². The van der Waals surface area contributed by atoms with Crippen molar-refractivity contribution >= 4 is 17.8 Å². The van der Waals surface area contributed by atoms with Crippen molar-refractivity contribution in [2.75, 3.05) is 33.2 Å². The van der Waals surface area contributed by atoms with Gasteiger partial charge >= 0.3 is 0 Å². The topological polar surface area (TPSA) is 82.8 Å². The van der Waals surface area contributed by atoms with Gasteiger partial charge in [0.1, 0.15) is 0 Å². The Morgan fingerprint density at radius 1 is 1.19 bits per heavy atom. The van der Waals surface area contributed by atoms with Gasteiger partial charge in [-0.2, -0.15) is 5.10 Å². The van der Waals surface area contributed by atoms with Crippen LogP contribution in [0, 0.1) is 5.92 Å². The second-order valence-electron chi connectivity index (χ2n) is 8.32. The summed E-state index contributed by atoms with van der Waals surface area (Å²) in [5.41, 5.74) is 2.31. The van der Waals surface area contributed by atoms with Crippen molar-refractivity contribution in [2.24, 2.45) is 18.0 Å². The minimum absolute atomic E-state index is 0.180. The van der Waals surface area contributed by atoms with Gasteiger partial charge in [-0.3, -0.25) is 24.2 Å². The quantitative estimate of drug-likeness (QED) is 0.319. The van der Waals surface area contributed by atoms with Crippen molar-refractivity contribution in [1.82, 2.24) is 24.9 Å². The fraction of sp³-hybridized carbons (Fsp3) is 0.478. The first kappa shape index (κ1) is 21.1. The molecular weight excluding hydrogens is 392 g/mol. The standard InChI is InChI=1S/C23H30N6O2/c1-24-23(28-12-9-17(16-28)13-18-14-26-27(2)15-18)25-10-5-6-11-29-21(30)19-7-3-4-8-20(19)22(29)31/h3-4,7-8,14-15,17H,5-6,9-13,16H2,1-2H3,(H,24,25). The lowest BCUT2D eigenvalue weighted by atomic mass is 10.0. The zero-order valence-electron chi connectivity index (χ0n) is 18.3. The Kier molecular flexibility index (Phi) is 6.34. The highest BCUT2D eigenvalue weighted by Gasteiger charge is 2.34. The summed E-state index contributed by atoms with van der Waals surface area (Å²) in [5, 5.41) is 7.69. The summed E-state index contributed by atoms with van der Waals surface area (Å²) >= 11 is 0. The molecule has 1 N–H and O–H groups in total. The van der Waals surface area contributed by atoms with Crippen LogP contribution in [0.3, 0.4) is 0 Å². The molecule has 1 saturated heterocycles. The monoisotopic (exact) mass is 422 g/mol. The second-order valence-corrected chi connectivity index (χ2v) is 8.32. The number of guanidine groups is 1. The van der Waals surface area contributed by atoms with Crippen LogP contribution in [-0.2, 0) is 13.5 Å². The number of nitrogens with zero attached hydrogens (tertiary/aromatic N) is 5. The summed E-state index contributed by atoms with van der Waals surface area (Å²) in [5.74, 6) is 1.17. The van der Waals surface area contributed by atoms with E-state index >= 15 is 0 Å². The van der Waals surface area contributed by atoms with Gasteiger partial charge in [-0.15, -0.1) is 0 Å². The molecule has 8 nitrogen and oxygen atoms in total. The van der Waals surface area contributed by atoms with E-state index in [1.54, 1.807) is 24.3 Å². The van der Waals surface area contributed by atoms with E-state index < -0.39 is 0 Å². The molecule has 1 fully saturated rings. The summed E-state index contributed by atoms with van der Waals surface area (Å²) in [7, 11) is 3.76. The Morgan fingerprint density at radius 3 is 2.58 bits per heavy atom. The molecule has 2 aliphatic heterocycles. The summed E-state index contributed by atoms with van der Waals surface area (Å²) in [6, 6.07) is 7.03. The molecule has 1 aromatic carbocycles. The van der Waals surface area contributed by atoms with Gasteiger partial charge in [-0.05, 0) is 49.3 Å². The van der Waals surface area contributed by atoms with Crippen LogP contribution >= 0.6 is 0 Å². The zero-order valence-corrected chi connectivity index (χ0v) is 18.3. The number of aromatic nitrogens is 2. The Balaban J connectivity index is 1.18. The number of amides is 2. The Bertz CT molecular complexity index is 947. The minimum atomic E-state index is -0.180. The van der Waals surface area contributed by atoms with Crippen molar-refractivity contribution in [3.05, 3.63) is 53.3 Å². The Hall–Kier alpha value is -3.16. The van der Waals surface area contributed by atoms with Gasteiger partial charge in [0.2, 0.25) is 0 Å². The molecule has 1 aromatic heterocycles. The smallest absolute Gasteiger partial charge is 0.261 e. The lowest BCUT2D eigenvalue weighted by molar-refractivity contribution is 0.0652. The zero-order chi connectivity index (χ0) is 21.8. The van der Waals surface area contributed by atoms with Crippen LogP contribution in [0.2, 0.25) is 0 Å². The molecule has 0 spiro atoms. The van der Waals surface area contributed by atoms with Crippen LogP contribution < -0.4 is 5.32 Å². The lowest BCUT2D eigenvalue weighted by Crippen LogP contribution is -2.40. The predicted molar refractivity (Wildman–Crippen MR) is 119 cm³/mol. The molecule has 1 atom stereocenters. The highest BCUT2D eigenvalue weighted by atomic mass is 16.2. The van der Waals surface area contributed by atoms with E-state index in [0.29, 0.717) is 23.6 Å². The number of unbranched alkanes of at least 4 members (excludes halogenated alkanes) is 1. The molecule has 3 heterocycles. The van der Waals surface area contributed by atoms with Crippen LogP contribution in [0.4, 0.5) is 0 Å². The molecule has 8 heteroatoms. The molecule has 0 aliphatic carbocycles. The number of rotatable bonds is 7. The van der Waals surface area contributed by atoms with Gasteiger partial charge in [-0.25, -0.2) is 0 Å². The summed E-state index contributed by atoms with van der Waals surface area (Å²) in [6.45, 7) is 3.20. The summed E-state index contributed by atoms with van der Waals surface area (Å²) in [4.78, 5) is 33.0. The molecular formula is C23H30N6O2. The molecule has 0 radical (unpaired) electrons. The highest BCUT2D eigenvalue weighted by Crippen LogP contribution is 2.23. The third-order valence-corrected chi connectivity index (χ3v) is 6.05. The number of carbonyl (C=O) groups is 2. The Labute approximate surface area is 182 Å². The third-order valence-electron chi connectivity index (χ3n) is 6.05. The molecule has 0 saturated carbocycles. The number of hydrogen-bond donors (Lipinski definition) is 1. The number of aryl methyl sites for hydroxylation is 1. The van der Waals surface area contributed by atoms with E-state index in [4.69, 9.17) is 0 Å². The molecule has 2 amide bonds. The van der Waals surface area contributed by atoms with Crippen LogP contribution in [-0.4, -0.2) is 70.6 Å². The van der Waals surface area contributed by atoms with Crippen molar-refractivity contribution in [3.63, 3.8) is 0 Å². The molecule has 4 rings (SSSR count). The molecule has 1 unspecified atom stereocenters. The number of carbonyl (C=O) groups excluding carboxylic acids is 2. The number of aliphatic imine (C=N–C) groups is 1. The lowest BCUT2D eigenvalue weighted by Gasteiger charge is -2.22. The first-order valence-corrected chi connectivity index (χ1v) is 10.9. The maximum absolute atomic E-state index is 12.4. The van der Waals surface area contributed by atoms with E-state index in [9.17, 15) is 9.59 Å². The number of likely N-dealkylation sites (tertiary alicyclic amines) is 1. The largest absolute Gasteiger partial charge is 0.356 e. The number of nitrogens with one attached hydrogen (secondary N) is 1. The van der Waals surface area contributed by atoms with Crippen molar-refractivity contribution in [2.45, 2.75) is 25.7 Å². The minimum Gasteiger partial charge on any atom is -0.356 e. The van der Waals surface area contributed by atoms with Gasteiger partial charge in [0.05, 0.1) is 17.3 Å². The van der Waals surface area contributed by atoms with Gasteiger partial charge in [0, 0.05) is 46.5 Å². The van der Waals surface area contributed by atoms with Crippen LogP contribution in [0.25, 0.3) is 0 Å². The fourth-order valence-corrected chi connectivity index (χ4v) is 4.47. The fourth-order valence-electron chi connectivity index (χ4n) is 4.47.